The zero-order chi connectivity index (χ0) is 18.0. The number of carbonyl (C=O) groups excluding carboxylic acids is 1. The number of alkyl halides is 3. The molecule has 0 spiro atoms. The molecule has 7 heteroatoms. The number of ether oxygens (including phenoxy) is 2. The fourth-order valence-electron chi connectivity index (χ4n) is 2.72. The fraction of sp³-hybridized carbons (Fsp3) is 0.278. The van der Waals surface area contributed by atoms with E-state index in [4.69, 9.17) is 16.3 Å². The molecule has 0 N–H and O–H groups in total. The van der Waals surface area contributed by atoms with E-state index in [0.717, 1.165) is 16.7 Å². The number of hydrogen-bond acceptors (Lipinski definition) is 3. The Bertz CT molecular complexity index is 789. The Labute approximate surface area is 147 Å². The number of benzene rings is 2. The molecule has 1 atom stereocenters. The first kappa shape index (κ1) is 17.6. The maximum Gasteiger partial charge on any atom is 0.490 e. The third-order valence-electron chi connectivity index (χ3n) is 3.91. The van der Waals surface area contributed by atoms with Gasteiger partial charge in [-0.1, -0.05) is 48.0 Å². The maximum absolute atomic E-state index is 12.2. The van der Waals surface area contributed by atoms with Crippen molar-refractivity contribution in [3.63, 3.8) is 0 Å². The molecule has 0 radical (unpaired) electrons. The Morgan fingerprint density at radius 3 is 2.60 bits per heavy atom. The molecular weight excluding hydrogens is 357 g/mol. The molecule has 3 nitrogen and oxygen atoms in total. The first-order valence-corrected chi connectivity index (χ1v) is 8.01. The highest BCUT2D eigenvalue weighted by Gasteiger charge is 2.41. The first-order chi connectivity index (χ1) is 11.9. The van der Waals surface area contributed by atoms with Gasteiger partial charge in [-0.15, -0.1) is 0 Å². The summed E-state index contributed by atoms with van der Waals surface area (Å²) in [7, 11) is 0. The number of aryl methyl sites for hydroxylation is 1. The van der Waals surface area contributed by atoms with Crippen LogP contribution < -0.4 is 4.74 Å². The van der Waals surface area contributed by atoms with E-state index < -0.39 is 24.9 Å². The van der Waals surface area contributed by atoms with E-state index in [1.807, 2.05) is 36.4 Å². The van der Waals surface area contributed by atoms with Crippen LogP contribution in [0.2, 0.25) is 5.02 Å². The highest BCUT2D eigenvalue weighted by molar-refractivity contribution is 6.33. The van der Waals surface area contributed by atoms with Gasteiger partial charge in [-0.3, -0.25) is 0 Å². The predicted octanol–water partition coefficient (Wildman–Crippen LogP) is 4.81. The average molecular weight is 371 g/mol. The monoisotopic (exact) mass is 370 g/mol. The van der Waals surface area contributed by atoms with Gasteiger partial charge in [0.15, 0.2) is 0 Å². The molecule has 0 saturated carbocycles. The molecule has 0 saturated heterocycles. The number of para-hydroxylation sites is 1. The highest BCUT2D eigenvalue weighted by atomic mass is 35.5. The quantitative estimate of drug-likeness (QED) is 0.728. The highest BCUT2D eigenvalue weighted by Crippen LogP contribution is 2.40. The van der Waals surface area contributed by atoms with Gasteiger partial charge in [0.25, 0.3) is 0 Å². The van der Waals surface area contributed by atoms with Gasteiger partial charge in [-0.25, -0.2) is 4.79 Å². The summed E-state index contributed by atoms with van der Waals surface area (Å²) in [5, 5.41) is 0.546. The molecule has 0 amide bonds. The van der Waals surface area contributed by atoms with Gasteiger partial charge in [0, 0.05) is 16.1 Å². The van der Waals surface area contributed by atoms with Crippen molar-refractivity contribution in [2.75, 3.05) is 6.61 Å². The van der Waals surface area contributed by atoms with Crippen LogP contribution in [0.1, 0.15) is 12.0 Å². The predicted molar refractivity (Wildman–Crippen MR) is 86.6 cm³/mol. The third kappa shape index (κ3) is 3.90. The average Bonchev–Trinajstić information content (AvgIpc) is 2.58. The lowest BCUT2D eigenvalue weighted by Crippen LogP contribution is -2.33. The second-order valence-corrected chi connectivity index (χ2v) is 6.06. The van der Waals surface area contributed by atoms with Gasteiger partial charge in [0.1, 0.15) is 18.5 Å². The molecule has 0 aliphatic carbocycles. The van der Waals surface area contributed by atoms with Gasteiger partial charge >= 0.3 is 12.1 Å². The van der Waals surface area contributed by atoms with E-state index in [2.05, 4.69) is 4.74 Å². The number of fused-ring (bicyclic) bond motifs is 1. The van der Waals surface area contributed by atoms with Crippen LogP contribution in [0.3, 0.4) is 0 Å². The molecule has 1 aliphatic rings. The Hall–Kier alpha value is -2.21. The van der Waals surface area contributed by atoms with Crippen molar-refractivity contribution in [1.82, 2.24) is 0 Å². The summed E-state index contributed by atoms with van der Waals surface area (Å²) in [6.45, 7) is -0.450. The van der Waals surface area contributed by atoms with Crippen LogP contribution in [0.15, 0.2) is 42.5 Å². The molecule has 132 valence electrons. The summed E-state index contributed by atoms with van der Waals surface area (Å²) in [6.07, 6.45) is -4.57. The van der Waals surface area contributed by atoms with Crippen LogP contribution in [-0.4, -0.2) is 24.9 Å². The number of rotatable bonds is 3. The van der Waals surface area contributed by atoms with Crippen molar-refractivity contribution in [1.29, 1.82) is 0 Å². The molecule has 1 heterocycles. The second-order valence-electron chi connectivity index (χ2n) is 5.65. The van der Waals surface area contributed by atoms with E-state index in [9.17, 15) is 18.0 Å². The number of halogens is 4. The summed E-state index contributed by atoms with van der Waals surface area (Å²) in [4.78, 5) is 10.9. The van der Waals surface area contributed by atoms with E-state index in [-0.39, 0.29) is 0 Å². The van der Waals surface area contributed by atoms with Gasteiger partial charge < -0.3 is 9.47 Å². The Morgan fingerprint density at radius 1 is 1.16 bits per heavy atom. The van der Waals surface area contributed by atoms with Crippen LogP contribution in [0.4, 0.5) is 13.2 Å². The Balaban J connectivity index is 1.81. The standard InChI is InChI=1S/C18H14ClF3O3/c19-15-7-2-1-5-13(15)14-6-3-4-11-8-9-12(25-16(11)14)10-24-17(23)18(20,21)22/h1-7,12H,8-10H2. The fourth-order valence-corrected chi connectivity index (χ4v) is 2.96. The number of esters is 1. The zero-order valence-electron chi connectivity index (χ0n) is 13.0. The molecule has 3 rings (SSSR count). The smallest absolute Gasteiger partial charge is 0.486 e. The summed E-state index contributed by atoms with van der Waals surface area (Å²) < 4.78 is 46.9. The first-order valence-electron chi connectivity index (χ1n) is 7.63. The van der Waals surface area contributed by atoms with Crippen LogP contribution in [-0.2, 0) is 16.0 Å². The Kier molecular flexibility index (Phi) is 4.90. The van der Waals surface area contributed by atoms with Crippen molar-refractivity contribution >= 4 is 17.6 Å². The molecule has 0 fully saturated rings. The molecule has 0 aromatic heterocycles. The minimum atomic E-state index is -5.00. The van der Waals surface area contributed by atoms with Crippen molar-refractivity contribution in [3.8, 4) is 16.9 Å². The minimum absolute atomic E-state index is 0.450. The van der Waals surface area contributed by atoms with Gasteiger partial charge in [0.05, 0.1) is 0 Å². The Morgan fingerprint density at radius 2 is 1.88 bits per heavy atom. The maximum atomic E-state index is 12.2. The van der Waals surface area contributed by atoms with Crippen molar-refractivity contribution in [3.05, 3.63) is 53.1 Å². The van der Waals surface area contributed by atoms with Crippen LogP contribution in [0.25, 0.3) is 11.1 Å². The molecule has 1 aliphatic heterocycles. The van der Waals surface area contributed by atoms with Crippen LogP contribution >= 0.6 is 11.6 Å². The summed E-state index contributed by atoms with van der Waals surface area (Å²) in [5.41, 5.74) is 2.47. The topological polar surface area (TPSA) is 35.5 Å². The molecule has 2 aromatic carbocycles. The minimum Gasteiger partial charge on any atom is -0.486 e. The van der Waals surface area contributed by atoms with Crippen LogP contribution in [0, 0.1) is 0 Å². The van der Waals surface area contributed by atoms with E-state index in [1.54, 1.807) is 6.07 Å². The lowest BCUT2D eigenvalue weighted by molar-refractivity contribution is -0.201. The summed E-state index contributed by atoms with van der Waals surface area (Å²) >= 11 is 6.24. The molecular formula is C18H14ClF3O3. The van der Waals surface area contributed by atoms with Gasteiger partial charge in [0.2, 0.25) is 0 Å². The summed E-state index contributed by atoms with van der Waals surface area (Å²) in [5.74, 6) is -1.64. The normalized spacial score (nSPS) is 16.7. The van der Waals surface area contributed by atoms with E-state index in [0.29, 0.717) is 23.6 Å². The molecule has 0 bridgehead atoms. The molecule has 25 heavy (non-hydrogen) atoms. The van der Waals surface area contributed by atoms with Gasteiger partial charge in [-0.2, -0.15) is 13.2 Å². The summed E-state index contributed by atoms with van der Waals surface area (Å²) in [6, 6.07) is 12.9. The largest absolute Gasteiger partial charge is 0.490 e. The SMILES string of the molecule is O=C(OCC1CCc2cccc(-c3ccccc3Cl)c2O1)C(F)(F)F. The van der Waals surface area contributed by atoms with Crippen LogP contribution in [0.5, 0.6) is 5.75 Å². The lowest BCUT2D eigenvalue weighted by Gasteiger charge is -2.28. The van der Waals surface area contributed by atoms with E-state index in [1.165, 1.54) is 0 Å². The lowest BCUT2D eigenvalue weighted by atomic mass is 9.96. The number of hydrogen-bond donors (Lipinski definition) is 0. The van der Waals surface area contributed by atoms with Gasteiger partial charge in [-0.05, 0) is 24.5 Å². The van der Waals surface area contributed by atoms with Crippen molar-refractivity contribution < 1.29 is 27.4 Å². The van der Waals surface area contributed by atoms with Crippen molar-refractivity contribution in [2.45, 2.75) is 25.1 Å². The third-order valence-corrected chi connectivity index (χ3v) is 4.24. The molecule has 2 aromatic rings. The second kappa shape index (κ2) is 6.96. The van der Waals surface area contributed by atoms with Crippen molar-refractivity contribution in [2.24, 2.45) is 0 Å². The number of carbonyl (C=O) groups is 1. The zero-order valence-corrected chi connectivity index (χ0v) is 13.7. The molecule has 1 unspecified atom stereocenters. The van der Waals surface area contributed by atoms with E-state index >= 15 is 0 Å².